The van der Waals surface area contributed by atoms with Crippen molar-refractivity contribution in [1.82, 2.24) is 10.3 Å². The summed E-state index contributed by atoms with van der Waals surface area (Å²) >= 11 is 0. The molecule has 0 radical (unpaired) electrons. The summed E-state index contributed by atoms with van der Waals surface area (Å²) in [7, 11) is 0. The van der Waals surface area contributed by atoms with E-state index in [1.807, 2.05) is 36.4 Å². The predicted molar refractivity (Wildman–Crippen MR) is 150 cm³/mol. The third-order valence-electron chi connectivity index (χ3n) is 6.39. The number of para-hydroxylation sites is 1. The maximum atomic E-state index is 11.7. The summed E-state index contributed by atoms with van der Waals surface area (Å²) in [6.07, 6.45) is 4.16. The van der Waals surface area contributed by atoms with Crippen LogP contribution in [0.25, 0.3) is 16.5 Å². The van der Waals surface area contributed by atoms with Crippen LogP contribution in [0.2, 0.25) is 0 Å². The standard InChI is InChI=1S/C21H21N3O.C7H4N2O6/c1-15-21(16-9-11-22-12-10-16)19-13-18(7-8-20(19)23-15)24(14-25)17-5-3-2-4-6-17;10-7(11)5-2-1-4(8(12)13)3-6(5)9(14)15/h2-9,13-14,22-23H,10-12H2,1H3;1-3H,(H,10,11). The Hall–Kier alpha value is -5.36. The first-order valence-electron chi connectivity index (χ1n) is 12.2. The summed E-state index contributed by atoms with van der Waals surface area (Å²) in [6.45, 7) is 4.03. The van der Waals surface area contributed by atoms with Crippen LogP contribution in [-0.2, 0) is 4.79 Å². The van der Waals surface area contributed by atoms with Gasteiger partial charge in [-0.15, -0.1) is 0 Å². The van der Waals surface area contributed by atoms with Crippen molar-refractivity contribution in [3.05, 3.63) is 110 Å². The summed E-state index contributed by atoms with van der Waals surface area (Å²) in [5.41, 5.74) is 4.78. The van der Waals surface area contributed by atoms with Gasteiger partial charge in [-0.1, -0.05) is 24.3 Å². The number of carbonyl (C=O) groups excluding carboxylic acids is 1. The molecule has 0 bridgehead atoms. The third-order valence-corrected chi connectivity index (χ3v) is 6.39. The van der Waals surface area contributed by atoms with E-state index in [-0.39, 0.29) is 0 Å². The number of amides is 1. The molecule has 0 saturated carbocycles. The molecule has 0 atom stereocenters. The van der Waals surface area contributed by atoms with E-state index in [0.29, 0.717) is 6.07 Å². The zero-order valence-electron chi connectivity index (χ0n) is 21.4. The molecular weight excluding hydrogens is 518 g/mol. The van der Waals surface area contributed by atoms with E-state index in [1.165, 1.54) is 22.2 Å². The molecule has 40 heavy (non-hydrogen) atoms. The van der Waals surface area contributed by atoms with Crippen LogP contribution < -0.4 is 10.2 Å². The van der Waals surface area contributed by atoms with Crippen LogP contribution >= 0.6 is 0 Å². The van der Waals surface area contributed by atoms with E-state index in [2.05, 4.69) is 35.4 Å². The maximum Gasteiger partial charge on any atom is 0.342 e. The van der Waals surface area contributed by atoms with Crippen molar-refractivity contribution in [2.75, 3.05) is 18.0 Å². The molecule has 1 aliphatic rings. The van der Waals surface area contributed by atoms with Crippen molar-refractivity contribution in [3.63, 3.8) is 0 Å². The number of carbonyl (C=O) groups is 2. The predicted octanol–water partition coefficient (Wildman–Crippen LogP) is 5.35. The number of fused-ring (bicyclic) bond motifs is 1. The Bertz CT molecular complexity index is 1630. The minimum atomic E-state index is -1.50. The monoisotopic (exact) mass is 543 g/mol. The number of aromatic carboxylic acids is 1. The molecule has 12 heteroatoms. The molecule has 0 fully saturated rings. The van der Waals surface area contributed by atoms with E-state index >= 15 is 0 Å². The lowest BCUT2D eigenvalue weighted by Crippen LogP contribution is -2.20. The van der Waals surface area contributed by atoms with Crippen LogP contribution in [-0.4, -0.2) is 45.4 Å². The third kappa shape index (κ3) is 5.87. The van der Waals surface area contributed by atoms with Gasteiger partial charge in [0.25, 0.3) is 11.4 Å². The highest BCUT2D eigenvalue weighted by atomic mass is 16.6. The van der Waals surface area contributed by atoms with E-state index < -0.39 is 32.8 Å². The highest BCUT2D eigenvalue weighted by Gasteiger charge is 2.23. The van der Waals surface area contributed by atoms with Crippen LogP contribution in [0.4, 0.5) is 22.7 Å². The molecule has 4 aromatic rings. The first-order chi connectivity index (χ1) is 19.2. The lowest BCUT2D eigenvalue weighted by Gasteiger charge is -2.18. The number of nitrogens with one attached hydrogen (secondary N) is 2. The number of hydrogen-bond acceptors (Lipinski definition) is 7. The van der Waals surface area contributed by atoms with Crippen molar-refractivity contribution in [1.29, 1.82) is 0 Å². The summed E-state index contributed by atoms with van der Waals surface area (Å²) < 4.78 is 0. The van der Waals surface area contributed by atoms with Crippen molar-refractivity contribution < 1.29 is 24.5 Å². The number of anilines is 2. The number of H-pyrrole nitrogens is 1. The normalized spacial score (nSPS) is 12.6. The SMILES string of the molecule is Cc1[nH]c2ccc(N(C=O)c3ccccc3)cc2c1C1=CCNCC1.O=C(O)c1ccc([N+](=O)[O-])cc1[N+](=O)[O-]. The Morgan fingerprint density at radius 3 is 2.35 bits per heavy atom. The van der Waals surface area contributed by atoms with Crippen molar-refractivity contribution >= 4 is 51.6 Å². The Kier molecular flexibility index (Phi) is 8.30. The first kappa shape index (κ1) is 27.7. The summed E-state index contributed by atoms with van der Waals surface area (Å²) in [4.78, 5) is 46.3. The average molecular weight is 544 g/mol. The Morgan fingerprint density at radius 1 is 1.00 bits per heavy atom. The number of nitro benzene ring substituents is 2. The Labute approximate surface area is 227 Å². The molecule has 1 aromatic heterocycles. The van der Waals surface area contributed by atoms with Gasteiger partial charge in [-0.3, -0.25) is 29.9 Å². The highest BCUT2D eigenvalue weighted by molar-refractivity contribution is 5.99. The number of carboxylic acid groups (broad SMARTS) is 1. The molecule has 3 N–H and O–H groups in total. The average Bonchev–Trinajstić information content (AvgIpc) is 3.29. The van der Waals surface area contributed by atoms with Crippen LogP contribution in [0.5, 0.6) is 0 Å². The second kappa shape index (κ2) is 12.0. The van der Waals surface area contributed by atoms with Crippen LogP contribution in [0.3, 0.4) is 0 Å². The number of carboxylic acids is 1. The number of aromatic nitrogens is 1. The lowest BCUT2D eigenvalue weighted by atomic mass is 9.97. The minimum Gasteiger partial charge on any atom is -0.477 e. The van der Waals surface area contributed by atoms with Crippen molar-refractivity contribution in [2.24, 2.45) is 0 Å². The number of hydrogen-bond donors (Lipinski definition) is 3. The Morgan fingerprint density at radius 2 is 1.75 bits per heavy atom. The van der Waals surface area contributed by atoms with Crippen LogP contribution in [0.1, 0.15) is 28.0 Å². The fraction of sp³-hybridized carbons (Fsp3) is 0.143. The lowest BCUT2D eigenvalue weighted by molar-refractivity contribution is -0.394. The quantitative estimate of drug-likeness (QED) is 0.159. The minimum absolute atomic E-state index is 0.522. The molecule has 0 aliphatic carbocycles. The number of benzene rings is 3. The topological polar surface area (TPSA) is 172 Å². The summed E-state index contributed by atoms with van der Waals surface area (Å²) in [5.74, 6) is -1.50. The summed E-state index contributed by atoms with van der Waals surface area (Å²) in [5, 5.41) is 33.8. The van der Waals surface area contributed by atoms with Crippen LogP contribution in [0.15, 0.2) is 72.8 Å². The molecule has 0 saturated heterocycles. The largest absolute Gasteiger partial charge is 0.477 e. The molecule has 0 unspecified atom stereocenters. The fourth-order valence-corrected chi connectivity index (χ4v) is 4.55. The molecule has 3 aromatic carbocycles. The Balaban J connectivity index is 0.000000212. The number of aryl methyl sites for hydroxylation is 1. The van der Waals surface area contributed by atoms with E-state index in [1.54, 1.807) is 4.90 Å². The van der Waals surface area contributed by atoms with Gasteiger partial charge in [0.05, 0.1) is 15.9 Å². The molecule has 12 nitrogen and oxygen atoms in total. The molecule has 5 rings (SSSR count). The van der Waals surface area contributed by atoms with E-state index in [0.717, 1.165) is 54.9 Å². The van der Waals surface area contributed by atoms with E-state index in [9.17, 15) is 29.8 Å². The fourth-order valence-electron chi connectivity index (χ4n) is 4.55. The van der Waals surface area contributed by atoms with Crippen molar-refractivity contribution in [2.45, 2.75) is 13.3 Å². The second-order valence-corrected chi connectivity index (χ2v) is 8.87. The highest BCUT2D eigenvalue weighted by Crippen LogP contribution is 2.35. The summed E-state index contributed by atoms with van der Waals surface area (Å²) in [6, 6.07) is 18.2. The number of aromatic amines is 1. The van der Waals surface area contributed by atoms with Gasteiger partial charge >= 0.3 is 5.97 Å². The molecule has 1 amide bonds. The number of rotatable bonds is 7. The van der Waals surface area contributed by atoms with Gasteiger partial charge in [0.2, 0.25) is 6.41 Å². The van der Waals surface area contributed by atoms with Gasteiger partial charge < -0.3 is 15.4 Å². The number of non-ortho nitro benzene ring substituents is 1. The van der Waals surface area contributed by atoms with Crippen LogP contribution in [0, 0.1) is 27.2 Å². The van der Waals surface area contributed by atoms with Gasteiger partial charge in [-0.05, 0) is 61.9 Å². The molecule has 2 heterocycles. The zero-order valence-corrected chi connectivity index (χ0v) is 21.4. The van der Waals surface area contributed by atoms with Gasteiger partial charge in [0.15, 0.2) is 0 Å². The number of nitro groups is 2. The maximum absolute atomic E-state index is 11.7. The zero-order chi connectivity index (χ0) is 28.8. The van der Waals surface area contributed by atoms with E-state index in [4.69, 9.17) is 5.11 Å². The number of nitrogens with zero attached hydrogens (tertiary/aromatic N) is 3. The smallest absolute Gasteiger partial charge is 0.342 e. The van der Waals surface area contributed by atoms with Crippen molar-refractivity contribution in [3.8, 4) is 0 Å². The molecule has 204 valence electrons. The molecule has 0 spiro atoms. The molecule has 1 aliphatic heterocycles. The molecular formula is C28H25N5O7. The van der Waals surface area contributed by atoms with Gasteiger partial charge in [-0.25, -0.2) is 4.79 Å². The van der Waals surface area contributed by atoms with Gasteiger partial charge in [0.1, 0.15) is 5.56 Å². The van der Waals surface area contributed by atoms with Gasteiger partial charge in [-0.2, -0.15) is 0 Å². The van der Waals surface area contributed by atoms with Gasteiger partial charge in [0, 0.05) is 46.1 Å². The second-order valence-electron chi connectivity index (χ2n) is 8.87. The first-order valence-corrected chi connectivity index (χ1v) is 12.2.